The lowest BCUT2D eigenvalue weighted by atomic mass is 9.84. The van der Waals surface area contributed by atoms with Crippen LogP contribution >= 0.6 is 0 Å². The van der Waals surface area contributed by atoms with Gasteiger partial charge < -0.3 is 0 Å². The number of allylic oxidation sites excluding steroid dienone is 1. The van der Waals surface area contributed by atoms with E-state index in [0.717, 1.165) is 18.3 Å². The first-order chi connectivity index (χ1) is 5.13. The third-order valence-electron chi connectivity index (χ3n) is 2.38. The molecule has 66 valence electrons. The molecule has 0 aliphatic carbocycles. The highest BCUT2D eigenvalue weighted by atomic mass is 14.2. The second-order valence-electron chi connectivity index (χ2n) is 3.65. The number of hydrogen-bond acceptors (Lipinski definition) is 0. The molecule has 0 bridgehead atoms. The van der Waals surface area contributed by atoms with Crippen LogP contribution in [-0.4, -0.2) is 0 Å². The molecule has 0 unspecified atom stereocenters. The van der Waals surface area contributed by atoms with Gasteiger partial charge in [0.05, 0.1) is 0 Å². The fourth-order valence-electron chi connectivity index (χ4n) is 1.58. The average Bonchev–Trinajstić information content (AvgIpc) is 1.98. The normalized spacial score (nSPS) is 13.5. The van der Waals surface area contributed by atoms with Crippen LogP contribution in [0.4, 0.5) is 0 Å². The summed E-state index contributed by atoms with van der Waals surface area (Å²) in [5.41, 5.74) is 1.43. The summed E-state index contributed by atoms with van der Waals surface area (Å²) in [7, 11) is 0. The summed E-state index contributed by atoms with van der Waals surface area (Å²) < 4.78 is 0. The highest BCUT2D eigenvalue weighted by Crippen LogP contribution is 2.25. The molecule has 0 saturated carbocycles. The molecule has 0 N–H and O–H groups in total. The van der Waals surface area contributed by atoms with Crippen LogP contribution in [0, 0.1) is 11.8 Å². The maximum absolute atomic E-state index is 4.11. The van der Waals surface area contributed by atoms with E-state index in [0.29, 0.717) is 0 Å². The first kappa shape index (κ1) is 10.7. The summed E-state index contributed by atoms with van der Waals surface area (Å²) in [5.74, 6) is 1.52. The highest BCUT2D eigenvalue weighted by molar-refractivity contribution is 5.00. The summed E-state index contributed by atoms with van der Waals surface area (Å²) in [6.07, 6.45) is 3.73. The van der Waals surface area contributed by atoms with Crippen molar-refractivity contribution >= 4 is 0 Å². The van der Waals surface area contributed by atoms with Crippen molar-refractivity contribution in [2.24, 2.45) is 11.8 Å². The fraction of sp³-hybridized carbons (Fsp3) is 0.818. The molecule has 0 aromatic carbocycles. The second kappa shape index (κ2) is 5.40. The Morgan fingerprint density at radius 3 is 2.09 bits per heavy atom. The molecule has 0 nitrogen and oxygen atoms in total. The lowest BCUT2D eigenvalue weighted by Crippen LogP contribution is -2.10. The van der Waals surface area contributed by atoms with E-state index in [2.05, 4.69) is 34.3 Å². The molecule has 0 aliphatic heterocycles. The van der Waals surface area contributed by atoms with Crippen molar-refractivity contribution < 1.29 is 0 Å². The summed E-state index contributed by atoms with van der Waals surface area (Å²) in [4.78, 5) is 0. The Morgan fingerprint density at radius 1 is 1.27 bits per heavy atom. The first-order valence-electron chi connectivity index (χ1n) is 4.81. The Bertz CT molecular complexity index is 111. The molecule has 0 heterocycles. The molecular weight excluding hydrogens is 132 g/mol. The molecule has 0 radical (unpaired) electrons. The van der Waals surface area contributed by atoms with Gasteiger partial charge in [-0.2, -0.15) is 0 Å². The molecule has 0 aromatic heterocycles. The SMILES string of the molecule is C=C(CC)[C@H](CCC)C(C)C. The van der Waals surface area contributed by atoms with E-state index in [1.54, 1.807) is 0 Å². The molecule has 0 spiro atoms. The van der Waals surface area contributed by atoms with E-state index in [4.69, 9.17) is 0 Å². The van der Waals surface area contributed by atoms with Gasteiger partial charge in [-0.1, -0.05) is 46.3 Å². The number of hydrogen-bond donors (Lipinski definition) is 0. The van der Waals surface area contributed by atoms with Crippen molar-refractivity contribution in [2.45, 2.75) is 47.0 Å². The van der Waals surface area contributed by atoms with Gasteiger partial charge in [0, 0.05) is 0 Å². The summed E-state index contributed by atoms with van der Waals surface area (Å²) in [6, 6.07) is 0. The zero-order chi connectivity index (χ0) is 8.85. The van der Waals surface area contributed by atoms with Crippen LogP contribution in [0.15, 0.2) is 12.2 Å². The zero-order valence-corrected chi connectivity index (χ0v) is 8.48. The predicted molar refractivity (Wildman–Crippen MR) is 52.7 cm³/mol. The maximum atomic E-state index is 4.11. The van der Waals surface area contributed by atoms with Crippen molar-refractivity contribution in [1.82, 2.24) is 0 Å². The monoisotopic (exact) mass is 154 g/mol. The Kier molecular flexibility index (Phi) is 5.27. The third-order valence-corrected chi connectivity index (χ3v) is 2.38. The lowest BCUT2D eigenvalue weighted by molar-refractivity contribution is 0.404. The Hall–Kier alpha value is -0.260. The van der Waals surface area contributed by atoms with Crippen molar-refractivity contribution in [3.63, 3.8) is 0 Å². The van der Waals surface area contributed by atoms with Gasteiger partial charge in [0.2, 0.25) is 0 Å². The second-order valence-corrected chi connectivity index (χ2v) is 3.65. The summed E-state index contributed by atoms with van der Waals surface area (Å²) in [5, 5.41) is 0. The predicted octanol–water partition coefficient (Wildman–Crippen LogP) is 4.02. The molecule has 0 saturated heterocycles. The van der Waals surface area contributed by atoms with Crippen LogP contribution in [0.1, 0.15) is 47.0 Å². The summed E-state index contributed by atoms with van der Waals surface area (Å²) in [6.45, 7) is 13.1. The van der Waals surface area contributed by atoms with E-state index >= 15 is 0 Å². The van der Waals surface area contributed by atoms with Crippen LogP contribution in [-0.2, 0) is 0 Å². The Labute approximate surface area is 71.7 Å². The van der Waals surface area contributed by atoms with Gasteiger partial charge in [-0.3, -0.25) is 0 Å². The average molecular weight is 154 g/mol. The minimum absolute atomic E-state index is 0.755. The van der Waals surface area contributed by atoms with E-state index in [9.17, 15) is 0 Å². The maximum Gasteiger partial charge on any atom is -0.0183 e. The molecular formula is C11H22. The molecule has 0 amide bonds. The smallest absolute Gasteiger partial charge is 0.0183 e. The van der Waals surface area contributed by atoms with Crippen molar-refractivity contribution in [2.75, 3.05) is 0 Å². The van der Waals surface area contributed by atoms with Crippen LogP contribution < -0.4 is 0 Å². The largest absolute Gasteiger partial charge is 0.0996 e. The van der Waals surface area contributed by atoms with Crippen molar-refractivity contribution in [1.29, 1.82) is 0 Å². The van der Waals surface area contributed by atoms with Crippen molar-refractivity contribution in [3.8, 4) is 0 Å². The quantitative estimate of drug-likeness (QED) is 0.524. The topological polar surface area (TPSA) is 0 Å². The fourth-order valence-corrected chi connectivity index (χ4v) is 1.58. The van der Waals surface area contributed by atoms with Crippen LogP contribution in [0.3, 0.4) is 0 Å². The van der Waals surface area contributed by atoms with Crippen LogP contribution in [0.25, 0.3) is 0 Å². The van der Waals surface area contributed by atoms with Gasteiger partial charge in [0.25, 0.3) is 0 Å². The van der Waals surface area contributed by atoms with E-state index in [1.807, 2.05) is 0 Å². The Balaban J connectivity index is 3.98. The Morgan fingerprint density at radius 2 is 1.82 bits per heavy atom. The van der Waals surface area contributed by atoms with Gasteiger partial charge in [0.15, 0.2) is 0 Å². The van der Waals surface area contributed by atoms with E-state index in [-0.39, 0.29) is 0 Å². The number of rotatable bonds is 5. The molecule has 11 heavy (non-hydrogen) atoms. The molecule has 1 atom stereocenters. The minimum Gasteiger partial charge on any atom is -0.0996 e. The van der Waals surface area contributed by atoms with Gasteiger partial charge in [-0.05, 0) is 24.7 Å². The molecule has 0 heteroatoms. The van der Waals surface area contributed by atoms with Crippen LogP contribution in [0.5, 0.6) is 0 Å². The standard InChI is InChI=1S/C11H22/c1-6-8-11(9(3)4)10(5)7-2/h9,11H,5-8H2,1-4H3/t11-/m1/s1. The van der Waals surface area contributed by atoms with Gasteiger partial charge in [-0.25, -0.2) is 0 Å². The van der Waals surface area contributed by atoms with Crippen molar-refractivity contribution in [3.05, 3.63) is 12.2 Å². The molecule has 0 rings (SSSR count). The van der Waals surface area contributed by atoms with E-state index in [1.165, 1.54) is 18.4 Å². The first-order valence-corrected chi connectivity index (χ1v) is 4.81. The van der Waals surface area contributed by atoms with Gasteiger partial charge in [-0.15, -0.1) is 0 Å². The highest BCUT2D eigenvalue weighted by Gasteiger charge is 2.13. The molecule has 0 aliphatic rings. The zero-order valence-electron chi connectivity index (χ0n) is 8.48. The van der Waals surface area contributed by atoms with E-state index < -0.39 is 0 Å². The minimum atomic E-state index is 0.755. The summed E-state index contributed by atoms with van der Waals surface area (Å²) >= 11 is 0. The lowest BCUT2D eigenvalue weighted by Gasteiger charge is -2.21. The molecule has 0 fully saturated rings. The van der Waals surface area contributed by atoms with Gasteiger partial charge >= 0.3 is 0 Å². The molecule has 0 aromatic rings. The van der Waals surface area contributed by atoms with Gasteiger partial charge in [0.1, 0.15) is 0 Å². The third kappa shape index (κ3) is 3.60. The van der Waals surface area contributed by atoms with Crippen LogP contribution in [0.2, 0.25) is 0 Å².